The van der Waals surface area contributed by atoms with Crippen molar-refractivity contribution in [2.75, 3.05) is 64.9 Å². The maximum atomic E-state index is 6.10. The van der Waals surface area contributed by atoms with Gasteiger partial charge in [0.1, 0.15) is 0 Å². The summed E-state index contributed by atoms with van der Waals surface area (Å²) in [5.74, 6) is 0.834. The van der Waals surface area contributed by atoms with Gasteiger partial charge in [-0.15, -0.1) is 24.0 Å². The molecule has 1 heterocycles. The minimum absolute atomic E-state index is 0. The minimum atomic E-state index is 0. The lowest BCUT2D eigenvalue weighted by Gasteiger charge is -2.36. The molecule has 6 nitrogen and oxygen atoms in total. The molecule has 0 spiro atoms. The molecule has 1 aliphatic rings. The molecule has 0 amide bonds. The summed E-state index contributed by atoms with van der Waals surface area (Å²) in [4.78, 5) is 9.18. The van der Waals surface area contributed by atoms with Crippen LogP contribution in [0.5, 0.6) is 0 Å². The number of hydrogen-bond donors (Lipinski definition) is 2. The summed E-state index contributed by atoms with van der Waals surface area (Å²) in [5.41, 5.74) is 1.22. The van der Waals surface area contributed by atoms with E-state index < -0.39 is 0 Å². The van der Waals surface area contributed by atoms with E-state index in [2.05, 4.69) is 38.4 Å². The average molecular weight is 510 g/mol. The molecule has 0 bridgehead atoms. The van der Waals surface area contributed by atoms with Crippen molar-refractivity contribution < 1.29 is 4.74 Å². The Morgan fingerprint density at radius 1 is 1.30 bits per heavy atom. The van der Waals surface area contributed by atoms with E-state index in [1.807, 2.05) is 18.2 Å². The van der Waals surface area contributed by atoms with E-state index in [9.17, 15) is 0 Å². The van der Waals surface area contributed by atoms with Gasteiger partial charge in [0.05, 0.1) is 6.61 Å². The Morgan fingerprint density at radius 2 is 2.04 bits per heavy atom. The molecule has 1 atom stereocenters. The predicted molar refractivity (Wildman–Crippen MR) is 126 cm³/mol. The van der Waals surface area contributed by atoms with E-state index in [1.54, 1.807) is 14.2 Å². The zero-order chi connectivity index (χ0) is 18.8. The van der Waals surface area contributed by atoms with Crippen LogP contribution in [0.4, 0.5) is 5.69 Å². The Kier molecular flexibility index (Phi) is 12.1. The van der Waals surface area contributed by atoms with Gasteiger partial charge in [0, 0.05) is 63.6 Å². The zero-order valence-electron chi connectivity index (χ0n) is 16.6. The zero-order valence-corrected chi connectivity index (χ0v) is 19.7. The van der Waals surface area contributed by atoms with Gasteiger partial charge >= 0.3 is 0 Å². The van der Waals surface area contributed by atoms with Gasteiger partial charge in [0.25, 0.3) is 0 Å². The van der Waals surface area contributed by atoms with E-state index >= 15 is 0 Å². The number of guanidine groups is 1. The van der Waals surface area contributed by atoms with Crippen LogP contribution in [0.3, 0.4) is 0 Å². The van der Waals surface area contributed by atoms with Gasteiger partial charge < -0.3 is 20.3 Å². The molecule has 1 aromatic rings. The second-order valence-corrected chi connectivity index (χ2v) is 7.10. The number of halogens is 2. The molecular formula is C19H33ClIN5O. The van der Waals surface area contributed by atoms with Crippen molar-refractivity contribution >= 4 is 47.2 Å². The Labute approximate surface area is 185 Å². The van der Waals surface area contributed by atoms with Gasteiger partial charge in [-0.3, -0.25) is 9.89 Å². The van der Waals surface area contributed by atoms with Gasteiger partial charge in [-0.1, -0.05) is 17.7 Å². The molecule has 0 saturated carbocycles. The first-order chi connectivity index (χ1) is 12.6. The normalized spacial score (nSPS) is 16.6. The van der Waals surface area contributed by atoms with Crippen LogP contribution in [0, 0.1) is 0 Å². The summed E-state index contributed by atoms with van der Waals surface area (Å²) >= 11 is 6.10. The topological polar surface area (TPSA) is 52.1 Å². The van der Waals surface area contributed by atoms with E-state index in [4.69, 9.17) is 16.3 Å². The lowest BCUT2D eigenvalue weighted by Crippen LogP contribution is -2.47. The van der Waals surface area contributed by atoms with Gasteiger partial charge in [0.15, 0.2) is 5.96 Å². The second kappa shape index (κ2) is 13.4. The van der Waals surface area contributed by atoms with Crippen LogP contribution >= 0.6 is 35.6 Å². The molecule has 2 N–H and O–H groups in total. The van der Waals surface area contributed by atoms with E-state index in [1.165, 1.54) is 5.69 Å². The number of piperazine rings is 1. The maximum Gasteiger partial charge on any atom is 0.191 e. The van der Waals surface area contributed by atoms with Crippen LogP contribution in [0.15, 0.2) is 29.3 Å². The Balaban J connectivity index is 0.00000364. The average Bonchev–Trinajstić information content (AvgIpc) is 2.65. The van der Waals surface area contributed by atoms with Crippen molar-refractivity contribution in [2.45, 2.75) is 19.4 Å². The van der Waals surface area contributed by atoms with Crippen molar-refractivity contribution in [1.29, 1.82) is 0 Å². The maximum absolute atomic E-state index is 6.10. The first-order valence-corrected chi connectivity index (χ1v) is 9.69. The van der Waals surface area contributed by atoms with E-state index in [0.29, 0.717) is 6.61 Å². The SMILES string of the molecule is CN=C(NCCCN1CCN(c2cccc(Cl)c2)CC1)NC(C)COC.I. The molecule has 1 aromatic carbocycles. The molecular weight excluding hydrogens is 477 g/mol. The quantitative estimate of drug-likeness (QED) is 0.244. The lowest BCUT2D eigenvalue weighted by molar-refractivity contribution is 0.179. The Hall–Kier alpha value is -0.770. The molecule has 1 aliphatic heterocycles. The number of rotatable bonds is 8. The van der Waals surface area contributed by atoms with Crippen molar-refractivity contribution in [3.8, 4) is 0 Å². The number of nitrogens with zero attached hydrogens (tertiary/aromatic N) is 3. The molecule has 0 aliphatic carbocycles. The summed E-state index contributed by atoms with van der Waals surface area (Å²) in [6, 6.07) is 8.36. The summed E-state index contributed by atoms with van der Waals surface area (Å²) in [6.45, 7) is 9.02. The fourth-order valence-corrected chi connectivity index (χ4v) is 3.32. The number of aliphatic imine (C=N–C) groups is 1. The van der Waals surface area contributed by atoms with Crippen LogP contribution in [0.25, 0.3) is 0 Å². The van der Waals surface area contributed by atoms with Crippen molar-refractivity contribution in [3.63, 3.8) is 0 Å². The largest absolute Gasteiger partial charge is 0.383 e. The van der Waals surface area contributed by atoms with E-state index in [0.717, 1.165) is 56.7 Å². The van der Waals surface area contributed by atoms with Gasteiger partial charge in [0.2, 0.25) is 0 Å². The van der Waals surface area contributed by atoms with E-state index in [-0.39, 0.29) is 30.0 Å². The molecule has 1 unspecified atom stereocenters. The number of anilines is 1. The first-order valence-electron chi connectivity index (χ1n) is 9.31. The standard InChI is InChI=1S/C19H32ClN5O.HI/c1-16(15-26-3)23-19(21-2)22-8-5-9-24-10-12-25(13-11-24)18-7-4-6-17(20)14-18;/h4,6-7,14,16H,5,8-13,15H2,1-3H3,(H2,21,22,23);1H. The fraction of sp³-hybridized carbons (Fsp3) is 0.632. The summed E-state index contributed by atoms with van der Waals surface area (Å²) in [7, 11) is 3.50. The fourth-order valence-electron chi connectivity index (χ4n) is 3.13. The van der Waals surface area contributed by atoms with Crippen molar-refractivity contribution in [3.05, 3.63) is 29.3 Å². The molecule has 1 saturated heterocycles. The highest BCUT2D eigenvalue weighted by atomic mass is 127. The molecule has 8 heteroatoms. The molecule has 27 heavy (non-hydrogen) atoms. The lowest BCUT2D eigenvalue weighted by atomic mass is 10.2. The van der Waals surface area contributed by atoms with Crippen LogP contribution in [-0.4, -0.2) is 76.9 Å². The number of ether oxygens (including phenoxy) is 1. The monoisotopic (exact) mass is 509 g/mol. The predicted octanol–water partition coefficient (Wildman–Crippen LogP) is 2.67. The third-order valence-electron chi connectivity index (χ3n) is 4.51. The van der Waals surface area contributed by atoms with Crippen molar-refractivity contribution in [1.82, 2.24) is 15.5 Å². The number of methoxy groups -OCH3 is 1. The molecule has 0 aromatic heterocycles. The van der Waals surface area contributed by atoms with Gasteiger partial charge in [-0.25, -0.2) is 0 Å². The van der Waals surface area contributed by atoms with Gasteiger partial charge in [-0.2, -0.15) is 0 Å². The van der Waals surface area contributed by atoms with Crippen LogP contribution in [0.2, 0.25) is 5.02 Å². The third kappa shape index (κ3) is 8.85. The number of hydrogen-bond acceptors (Lipinski definition) is 4. The van der Waals surface area contributed by atoms with Crippen LogP contribution < -0.4 is 15.5 Å². The summed E-state index contributed by atoms with van der Waals surface area (Å²) < 4.78 is 5.14. The highest BCUT2D eigenvalue weighted by Gasteiger charge is 2.17. The highest BCUT2D eigenvalue weighted by Crippen LogP contribution is 2.20. The number of nitrogens with one attached hydrogen (secondary N) is 2. The van der Waals surface area contributed by atoms with Crippen molar-refractivity contribution in [2.24, 2.45) is 4.99 Å². The Bertz CT molecular complexity index is 567. The van der Waals surface area contributed by atoms with Crippen LogP contribution in [-0.2, 0) is 4.74 Å². The summed E-state index contributed by atoms with van der Waals surface area (Å²) in [5, 5.41) is 7.49. The smallest absolute Gasteiger partial charge is 0.191 e. The summed E-state index contributed by atoms with van der Waals surface area (Å²) in [6.07, 6.45) is 1.09. The molecule has 154 valence electrons. The van der Waals surface area contributed by atoms with Gasteiger partial charge in [-0.05, 0) is 38.1 Å². The first kappa shape index (κ1) is 24.3. The Morgan fingerprint density at radius 3 is 2.67 bits per heavy atom. The third-order valence-corrected chi connectivity index (χ3v) is 4.75. The minimum Gasteiger partial charge on any atom is -0.383 e. The molecule has 0 radical (unpaired) electrons. The van der Waals surface area contributed by atoms with Crippen LogP contribution in [0.1, 0.15) is 13.3 Å². The molecule has 2 rings (SSSR count). The second-order valence-electron chi connectivity index (χ2n) is 6.66. The molecule has 1 fully saturated rings. The highest BCUT2D eigenvalue weighted by molar-refractivity contribution is 14.0. The number of benzene rings is 1.